The lowest BCUT2D eigenvalue weighted by molar-refractivity contribution is -0.708. The van der Waals surface area contributed by atoms with Gasteiger partial charge in [0.05, 0.1) is 7.05 Å². The molecular formula is C16H22BrN3O. The third-order valence-electron chi connectivity index (χ3n) is 3.57. The number of anilines is 1. The molecule has 1 aromatic carbocycles. The van der Waals surface area contributed by atoms with Gasteiger partial charge in [-0.2, -0.15) is 0 Å². The van der Waals surface area contributed by atoms with Gasteiger partial charge in [0.25, 0.3) is 5.91 Å². The van der Waals surface area contributed by atoms with Gasteiger partial charge >= 0.3 is 0 Å². The average molecular weight is 352 g/mol. The van der Waals surface area contributed by atoms with Crippen molar-refractivity contribution in [2.45, 2.75) is 33.2 Å². The Kier molecular flexibility index (Phi) is 6.15. The molecule has 2 rings (SSSR count). The molecule has 0 spiro atoms. The molecule has 0 bridgehead atoms. The number of hydrogen-bond donors (Lipinski definition) is 1. The molecule has 2 aromatic rings. The van der Waals surface area contributed by atoms with Crippen molar-refractivity contribution >= 4 is 11.6 Å². The van der Waals surface area contributed by atoms with Crippen molar-refractivity contribution in [1.82, 2.24) is 4.57 Å². The van der Waals surface area contributed by atoms with Gasteiger partial charge in [0, 0.05) is 5.69 Å². The first kappa shape index (κ1) is 17.4. The Labute approximate surface area is 136 Å². The Morgan fingerprint density at radius 2 is 1.95 bits per heavy atom. The number of carbonyl (C=O) groups is 1. The Hall–Kier alpha value is -1.62. The Morgan fingerprint density at radius 3 is 2.43 bits per heavy atom. The van der Waals surface area contributed by atoms with E-state index in [0.29, 0.717) is 0 Å². The van der Waals surface area contributed by atoms with E-state index < -0.39 is 0 Å². The third-order valence-corrected chi connectivity index (χ3v) is 3.57. The van der Waals surface area contributed by atoms with Crippen LogP contribution >= 0.6 is 0 Å². The van der Waals surface area contributed by atoms with Gasteiger partial charge in [-0.05, 0) is 31.4 Å². The number of rotatable bonds is 4. The number of aryl methyl sites for hydroxylation is 3. The van der Waals surface area contributed by atoms with Gasteiger partial charge < -0.3 is 22.3 Å². The lowest BCUT2D eigenvalue weighted by Crippen LogP contribution is -3.00. The molecule has 0 aliphatic rings. The van der Waals surface area contributed by atoms with Gasteiger partial charge in [-0.3, -0.25) is 4.79 Å². The van der Waals surface area contributed by atoms with Crippen molar-refractivity contribution in [2.75, 3.05) is 5.32 Å². The Balaban J connectivity index is 0.00000220. The quantitative estimate of drug-likeness (QED) is 0.742. The van der Waals surface area contributed by atoms with E-state index in [0.717, 1.165) is 23.2 Å². The minimum Gasteiger partial charge on any atom is -1.00 e. The Morgan fingerprint density at radius 1 is 1.33 bits per heavy atom. The van der Waals surface area contributed by atoms with E-state index in [-0.39, 0.29) is 28.9 Å². The number of nitrogens with one attached hydrogen (secondary N) is 1. The van der Waals surface area contributed by atoms with Gasteiger partial charge in [0.1, 0.15) is 12.4 Å². The second-order valence-corrected chi connectivity index (χ2v) is 5.21. The zero-order valence-electron chi connectivity index (χ0n) is 12.9. The van der Waals surface area contributed by atoms with E-state index in [2.05, 4.69) is 5.32 Å². The maximum atomic E-state index is 12.5. The summed E-state index contributed by atoms with van der Waals surface area (Å²) in [6.45, 7) is 6.05. The number of imidazole rings is 1. The van der Waals surface area contributed by atoms with Crippen molar-refractivity contribution < 1.29 is 26.3 Å². The van der Waals surface area contributed by atoms with Crippen molar-refractivity contribution in [3.63, 3.8) is 0 Å². The summed E-state index contributed by atoms with van der Waals surface area (Å²) in [6.07, 6.45) is 6.55. The normalized spacial score (nSPS) is 11.6. The van der Waals surface area contributed by atoms with E-state index in [4.69, 9.17) is 0 Å². The number of aromatic nitrogens is 2. The number of hydrogen-bond acceptors (Lipinski definition) is 1. The predicted molar refractivity (Wildman–Crippen MR) is 79.5 cm³/mol. The molecule has 114 valence electrons. The molecule has 1 aromatic heterocycles. The number of para-hydroxylation sites is 1. The molecule has 1 N–H and O–H groups in total. The predicted octanol–water partition coefficient (Wildman–Crippen LogP) is -0.477. The first-order valence-corrected chi connectivity index (χ1v) is 6.92. The molecule has 1 heterocycles. The first-order valence-electron chi connectivity index (χ1n) is 6.92. The summed E-state index contributed by atoms with van der Waals surface area (Å²) in [5, 5.41) is 3.07. The first-order chi connectivity index (χ1) is 9.52. The lowest BCUT2D eigenvalue weighted by atomic mass is 10.1. The van der Waals surface area contributed by atoms with Crippen LogP contribution in [0.2, 0.25) is 0 Å². The molecule has 0 saturated heterocycles. The maximum absolute atomic E-state index is 12.5. The smallest absolute Gasteiger partial charge is 0.269 e. The number of carbonyl (C=O) groups excluding carboxylic acids is 1. The van der Waals surface area contributed by atoms with E-state index in [9.17, 15) is 4.79 Å². The van der Waals surface area contributed by atoms with Gasteiger partial charge in [0.15, 0.2) is 6.04 Å². The minimum atomic E-state index is -0.185. The second-order valence-electron chi connectivity index (χ2n) is 5.21. The zero-order chi connectivity index (χ0) is 14.7. The molecule has 0 aliphatic heterocycles. The van der Waals surface area contributed by atoms with Crippen molar-refractivity contribution in [2.24, 2.45) is 7.05 Å². The van der Waals surface area contributed by atoms with Crippen molar-refractivity contribution in [3.8, 4) is 0 Å². The summed E-state index contributed by atoms with van der Waals surface area (Å²) in [6, 6.07) is 5.84. The monoisotopic (exact) mass is 351 g/mol. The average Bonchev–Trinajstić information content (AvgIpc) is 2.81. The molecule has 5 heteroatoms. The van der Waals surface area contributed by atoms with Crippen LogP contribution in [0, 0.1) is 13.8 Å². The van der Waals surface area contributed by atoms with Crippen LogP contribution < -0.4 is 26.9 Å². The van der Waals surface area contributed by atoms with Crippen LogP contribution in [-0.2, 0) is 11.8 Å². The Bertz CT molecular complexity index is 601. The minimum absolute atomic E-state index is 0. The van der Waals surface area contributed by atoms with Gasteiger partial charge in [0.2, 0.25) is 6.33 Å². The largest absolute Gasteiger partial charge is 1.00 e. The third kappa shape index (κ3) is 3.94. The molecule has 0 radical (unpaired) electrons. The van der Waals surface area contributed by atoms with Crippen LogP contribution in [0.1, 0.15) is 30.5 Å². The fourth-order valence-corrected chi connectivity index (χ4v) is 2.40. The van der Waals surface area contributed by atoms with E-state index in [1.54, 1.807) is 0 Å². The topological polar surface area (TPSA) is 37.9 Å². The summed E-state index contributed by atoms with van der Waals surface area (Å²) in [5.41, 5.74) is 3.10. The number of halogens is 1. The molecule has 1 amide bonds. The van der Waals surface area contributed by atoms with Crippen molar-refractivity contribution in [1.29, 1.82) is 0 Å². The maximum Gasteiger partial charge on any atom is 0.269 e. The van der Waals surface area contributed by atoms with E-state index >= 15 is 0 Å². The van der Waals surface area contributed by atoms with Gasteiger partial charge in [-0.15, -0.1) is 0 Å². The van der Waals surface area contributed by atoms with Gasteiger partial charge in [-0.1, -0.05) is 25.1 Å². The highest BCUT2D eigenvalue weighted by molar-refractivity contribution is 5.94. The molecule has 21 heavy (non-hydrogen) atoms. The lowest BCUT2D eigenvalue weighted by Gasteiger charge is -2.15. The van der Waals surface area contributed by atoms with Crippen LogP contribution in [0.15, 0.2) is 36.9 Å². The zero-order valence-corrected chi connectivity index (χ0v) is 14.5. The number of benzene rings is 1. The van der Waals surface area contributed by atoms with Crippen molar-refractivity contribution in [3.05, 3.63) is 48.0 Å². The molecule has 1 atom stereocenters. The molecule has 4 nitrogen and oxygen atoms in total. The van der Waals surface area contributed by atoms with E-state index in [1.807, 2.05) is 73.9 Å². The summed E-state index contributed by atoms with van der Waals surface area (Å²) in [7, 11) is 1.95. The van der Waals surface area contributed by atoms with Crippen LogP contribution in [-0.4, -0.2) is 10.5 Å². The number of amides is 1. The molecule has 0 fully saturated rings. The summed E-state index contributed by atoms with van der Waals surface area (Å²) in [5.74, 6) is 0.0288. The second kappa shape index (κ2) is 7.41. The van der Waals surface area contributed by atoms with Crippen LogP contribution in [0.3, 0.4) is 0 Å². The van der Waals surface area contributed by atoms with Crippen LogP contribution in [0.25, 0.3) is 0 Å². The highest BCUT2D eigenvalue weighted by Crippen LogP contribution is 2.20. The van der Waals surface area contributed by atoms with Gasteiger partial charge in [-0.25, -0.2) is 9.13 Å². The standard InChI is InChI=1S/C16H21N3O.BrH/c1-5-14(19-10-9-18(4)11-19)16(20)17-15-12(2)7-6-8-13(15)3;/h6-11,14H,5H2,1-4H3;1H. The summed E-state index contributed by atoms with van der Waals surface area (Å²) >= 11 is 0. The SMILES string of the molecule is CCC(C(=O)Nc1c(C)cccc1C)[n+]1ccn(C)c1.[Br-]. The summed E-state index contributed by atoms with van der Waals surface area (Å²) < 4.78 is 3.89. The van der Waals surface area contributed by atoms with Crippen LogP contribution in [0.5, 0.6) is 0 Å². The highest BCUT2D eigenvalue weighted by Gasteiger charge is 2.23. The highest BCUT2D eigenvalue weighted by atomic mass is 79.9. The molecule has 0 saturated carbocycles. The molecular weight excluding hydrogens is 330 g/mol. The van der Waals surface area contributed by atoms with Crippen LogP contribution in [0.4, 0.5) is 5.69 Å². The molecule has 1 unspecified atom stereocenters. The molecule has 0 aliphatic carbocycles. The fourth-order valence-electron chi connectivity index (χ4n) is 2.40. The summed E-state index contributed by atoms with van der Waals surface area (Å²) in [4.78, 5) is 12.5. The number of nitrogens with zero attached hydrogens (tertiary/aromatic N) is 2. The fraction of sp³-hybridized carbons (Fsp3) is 0.375. The van der Waals surface area contributed by atoms with E-state index in [1.165, 1.54) is 0 Å².